The monoisotopic (exact) mass is 249 g/mol. The predicted octanol–water partition coefficient (Wildman–Crippen LogP) is 2.48. The fraction of sp³-hybridized carbons (Fsp3) is 0.357. The molecule has 1 aromatic carbocycles. The first-order chi connectivity index (χ1) is 8.61. The van der Waals surface area contributed by atoms with E-state index in [0.29, 0.717) is 25.3 Å². The van der Waals surface area contributed by atoms with Crippen molar-refractivity contribution in [2.75, 3.05) is 6.61 Å². The van der Waals surface area contributed by atoms with Crippen LogP contribution in [0.5, 0.6) is 0 Å². The number of nitrogens with zero attached hydrogens (tertiary/aromatic N) is 1. The van der Waals surface area contributed by atoms with Crippen LogP contribution in [0.25, 0.3) is 0 Å². The lowest BCUT2D eigenvalue weighted by Gasteiger charge is -2.21. The Morgan fingerprint density at radius 3 is 2.78 bits per heavy atom. The fourth-order valence-electron chi connectivity index (χ4n) is 2.10. The van der Waals surface area contributed by atoms with Crippen LogP contribution in [0.2, 0.25) is 0 Å². The summed E-state index contributed by atoms with van der Waals surface area (Å²) >= 11 is 0. The minimum Gasteiger partial charge on any atom is -0.477 e. The molecule has 1 saturated heterocycles. The molecule has 0 N–H and O–H groups in total. The topological polar surface area (TPSA) is 29.5 Å². The highest BCUT2D eigenvalue weighted by molar-refractivity contribution is 5.78. The summed E-state index contributed by atoms with van der Waals surface area (Å²) in [6.45, 7) is 5.99. The van der Waals surface area contributed by atoms with Crippen molar-refractivity contribution in [2.45, 2.75) is 25.8 Å². The van der Waals surface area contributed by atoms with Gasteiger partial charge in [-0.3, -0.25) is 9.69 Å². The molecule has 0 spiro atoms. The quantitative estimate of drug-likeness (QED) is 0.823. The van der Waals surface area contributed by atoms with Crippen LogP contribution in [-0.4, -0.2) is 23.5 Å². The molecule has 2 rings (SSSR count). The predicted molar refractivity (Wildman–Crippen MR) is 66.1 cm³/mol. The maximum Gasteiger partial charge on any atom is 0.229 e. The van der Waals surface area contributed by atoms with Gasteiger partial charge in [0.15, 0.2) is 5.88 Å². The smallest absolute Gasteiger partial charge is 0.229 e. The lowest BCUT2D eigenvalue weighted by molar-refractivity contribution is -0.130. The summed E-state index contributed by atoms with van der Waals surface area (Å²) in [6.07, 6.45) is 1.06. The van der Waals surface area contributed by atoms with Crippen molar-refractivity contribution >= 4 is 5.91 Å². The number of carbonyl (C=O) groups is 1. The van der Waals surface area contributed by atoms with E-state index in [2.05, 4.69) is 6.58 Å². The molecule has 0 bridgehead atoms. The summed E-state index contributed by atoms with van der Waals surface area (Å²) in [4.78, 5) is 13.4. The first-order valence-corrected chi connectivity index (χ1v) is 6.00. The zero-order chi connectivity index (χ0) is 13.1. The van der Waals surface area contributed by atoms with Crippen LogP contribution < -0.4 is 0 Å². The summed E-state index contributed by atoms with van der Waals surface area (Å²) in [5.74, 6) is 0.158. The second kappa shape index (κ2) is 5.21. The Labute approximate surface area is 106 Å². The van der Waals surface area contributed by atoms with Gasteiger partial charge in [-0.2, -0.15) is 0 Å². The number of rotatable bonds is 3. The molecule has 1 unspecified atom stereocenters. The Bertz CT molecular complexity index is 455. The molecule has 1 aliphatic rings. The molecule has 4 heteroatoms. The number of halogens is 1. The van der Waals surface area contributed by atoms with Gasteiger partial charge in [0, 0.05) is 6.42 Å². The van der Waals surface area contributed by atoms with E-state index >= 15 is 0 Å². The third-order valence-corrected chi connectivity index (χ3v) is 3.03. The molecule has 0 saturated carbocycles. The Morgan fingerprint density at radius 1 is 1.50 bits per heavy atom. The second-order valence-corrected chi connectivity index (χ2v) is 4.31. The number of amides is 1. The number of ether oxygens (including phenoxy) is 1. The molecule has 96 valence electrons. The lowest BCUT2D eigenvalue weighted by atomic mass is 10.1. The highest BCUT2D eigenvalue weighted by Crippen LogP contribution is 2.23. The van der Waals surface area contributed by atoms with Crippen molar-refractivity contribution in [1.29, 1.82) is 0 Å². The maximum absolute atomic E-state index is 12.8. The molecule has 0 aromatic heterocycles. The molecule has 18 heavy (non-hydrogen) atoms. The van der Waals surface area contributed by atoms with E-state index < -0.39 is 0 Å². The Balaban J connectivity index is 2.10. The van der Waals surface area contributed by atoms with E-state index in [1.807, 2.05) is 6.92 Å². The minimum atomic E-state index is -0.257. The Hall–Kier alpha value is -1.84. The highest BCUT2D eigenvalue weighted by atomic mass is 19.1. The van der Waals surface area contributed by atoms with Gasteiger partial charge in [-0.15, -0.1) is 0 Å². The van der Waals surface area contributed by atoms with Crippen LogP contribution in [0.1, 0.15) is 18.9 Å². The zero-order valence-corrected chi connectivity index (χ0v) is 10.4. The number of benzene rings is 1. The molecule has 1 heterocycles. The van der Waals surface area contributed by atoms with Gasteiger partial charge in [0.05, 0.1) is 6.04 Å². The molecule has 0 aliphatic carbocycles. The minimum absolute atomic E-state index is 0.00427. The van der Waals surface area contributed by atoms with Gasteiger partial charge >= 0.3 is 0 Å². The van der Waals surface area contributed by atoms with Gasteiger partial charge in [-0.05, 0) is 30.7 Å². The van der Waals surface area contributed by atoms with Crippen LogP contribution in [-0.2, 0) is 16.0 Å². The van der Waals surface area contributed by atoms with Gasteiger partial charge in [0.1, 0.15) is 12.4 Å². The van der Waals surface area contributed by atoms with Crippen molar-refractivity contribution in [3.05, 3.63) is 48.1 Å². The average Bonchev–Trinajstić information content (AvgIpc) is 2.72. The first kappa shape index (κ1) is 12.6. The summed E-state index contributed by atoms with van der Waals surface area (Å²) in [5, 5.41) is 0. The Kier molecular flexibility index (Phi) is 3.65. The third kappa shape index (κ3) is 2.53. The van der Waals surface area contributed by atoms with Crippen LogP contribution >= 0.6 is 0 Å². The molecule has 0 radical (unpaired) electrons. The van der Waals surface area contributed by atoms with Crippen LogP contribution in [0.4, 0.5) is 4.39 Å². The van der Waals surface area contributed by atoms with Crippen molar-refractivity contribution in [1.82, 2.24) is 4.90 Å². The van der Waals surface area contributed by atoms with E-state index in [4.69, 9.17) is 4.74 Å². The fourth-order valence-corrected chi connectivity index (χ4v) is 2.10. The maximum atomic E-state index is 12.8. The zero-order valence-electron chi connectivity index (χ0n) is 10.4. The van der Waals surface area contributed by atoms with Gasteiger partial charge in [0.25, 0.3) is 0 Å². The van der Waals surface area contributed by atoms with E-state index in [-0.39, 0.29) is 17.8 Å². The van der Waals surface area contributed by atoms with Crippen molar-refractivity contribution < 1.29 is 13.9 Å². The van der Waals surface area contributed by atoms with Crippen LogP contribution in [0, 0.1) is 5.82 Å². The average molecular weight is 249 g/mol. The van der Waals surface area contributed by atoms with Crippen LogP contribution in [0.3, 0.4) is 0 Å². The summed E-state index contributed by atoms with van der Waals surface area (Å²) < 4.78 is 18.2. The molecule has 1 atom stereocenters. The SMILES string of the molecule is C=C1OCC(Cc2ccc(F)cc2)N1C(=O)CC. The molecule has 3 nitrogen and oxygen atoms in total. The summed E-state index contributed by atoms with van der Waals surface area (Å²) in [6, 6.07) is 6.25. The van der Waals surface area contributed by atoms with Gasteiger partial charge in [0.2, 0.25) is 5.91 Å². The van der Waals surface area contributed by atoms with Gasteiger partial charge in [-0.25, -0.2) is 4.39 Å². The standard InChI is InChI=1S/C14H16FNO2/c1-3-14(17)16-10(2)18-9-13(16)8-11-4-6-12(15)7-5-11/h4-7,13H,2-3,8-9H2,1H3. The largest absolute Gasteiger partial charge is 0.477 e. The first-order valence-electron chi connectivity index (χ1n) is 6.00. The van der Waals surface area contributed by atoms with E-state index in [0.717, 1.165) is 5.56 Å². The molecule has 1 aromatic rings. The van der Waals surface area contributed by atoms with E-state index in [9.17, 15) is 9.18 Å². The number of carbonyl (C=O) groups excluding carboxylic acids is 1. The van der Waals surface area contributed by atoms with E-state index in [1.165, 1.54) is 12.1 Å². The lowest BCUT2D eigenvalue weighted by Crippen LogP contribution is -2.36. The normalized spacial score (nSPS) is 18.9. The van der Waals surface area contributed by atoms with E-state index in [1.54, 1.807) is 17.0 Å². The summed E-state index contributed by atoms with van der Waals surface area (Å²) in [5.41, 5.74) is 0.980. The van der Waals surface area contributed by atoms with Gasteiger partial charge in [-0.1, -0.05) is 19.1 Å². The number of hydrogen-bond acceptors (Lipinski definition) is 2. The van der Waals surface area contributed by atoms with Gasteiger partial charge < -0.3 is 4.74 Å². The molecule has 1 fully saturated rings. The molecular weight excluding hydrogens is 233 g/mol. The highest BCUT2D eigenvalue weighted by Gasteiger charge is 2.32. The van der Waals surface area contributed by atoms with Crippen molar-refractivity contribution in [3.63, 3.8) is 0 Å². The third-order valence-electron chi connectivity index (χ3n) is 3.03. The molecule has 1 amide bonds. The molecular formula is C14H16FNO2. The van der Waals surface area contributed by atoms with Crippen LogP contribution in [0.15, 0.2) is 36.7 Å². The number of hydrogen-bond donors (Lipinski definition) is 0. The second-order valence-electron chi connectivity index (χ2n) is 4.31. The molecule has 1 aliphatic heterocycles. The summed E-state index contributed by atoms with van der Waals surface area (Å²) in [7, 11) is 0. The van der Waals surface area contributed by atoms with Crippen molar-refractivity contribution in [2.24, 2.45) is 0 Å². The Morgan fingerprint density at radius 2 is 2.17 bits per heavy atom. The van der Waals surface area contributed by atoms with Crippen molar-refractivity contribution in [3.8, 4) is 0 Å².